The fourth-order valence-electron chi connectivity index (χ4n) is 2.35. The highest BCUT2D eigenvalue weighted by Gasteiger charge is 2.09. The molecule has 2 N–H and O–H groups in total. The predicted octanol–water partition coefficient (Wildman–Crippen LogP) is 3.01. The van der Waals surface area contributed by atoms with Crippen LogP contribution in [0.1, 0.15) is 49.7 Å². The van der Waals surface area contributed by atoms with E-state index in [1.54, 1.807) is 12.1 Å². The molecule has 0 saturated carbocycles. The van der Waals surface area contributed by atoms with Crippen molar-refractivity contribution in [3.63, 3.8) is 0 Å². The van der Waals surface area contributed by atoms with Crippen LogP contribution in [0.2, 0.25) is 0 Å². The zero-order valence-electron chi connectivity index (χ0n) is 13.5. The first-order valence-electron chi connectivity index (χ1n) is 7.67. The maximum absolute atomic E-state index is 11.0. The second-order valence-electron chi connectivity index (χ2n) is 5.40. The maximum Gasteiger partial charge on any atom is 0.335 e. The lowest BCUT2D eigenvalue weighted by Crippen LogP contribution is -2.25. The molecular weight excluding hydrogens is 266 g/mol. The number of pyridine rings is 1. The van der Waals surface area contributed by atoms with Gasteiger partial charge in [-0.1, -0.05) is 13.8 Å². The van der Waals surface area contributed by atoms with Crippen LogP contribution in [0.3, 0.4) is 0 Å². The lowest BCUT2D eigenvalue weighted by molar-refractivity contribution is 0.0696. The fourth-order valence-corrected chi connectivity index (χ4v) is 2.35. The van der Waals surface area contributed by atoms with Gasteiger partial charge in [0.1, 0.15) is 5.82 Å². The van der Waals surface area contributed by atoms with Crippen LogP contribution in [-0.4, -0.2) is 46.6 Å². The van der Waals surface area contributed by atoms with Crippen LogP contribution >= 0.6 is 0 Å². The molecule has 0 aliphatic heterocycles. The Bertz CT molecular complexity index is 459. The van der Waals surface area contributed by atoms with Crippen LogP contribution in [-0.2, 0) is 0 Å². The van der Waals surface area contributed by atoms with Crippen molar-refractivity contribution in [1.29, 1.82) is 0 Å². The van der Waals surface area contributed by atoms with E-state index < -0.39 is 5.97 Å². The van der Waals surface area contributed by atoms with E-state index in [0.717, 1.165) is 32.5 Å². The number of carboxylic acid groups (broad SMARTS) is 1. The molecule has 0 aromatic carbocycles. The molecule has 1 aromatic rings. The number of aryl methyl sites for hydroxylation is 1. The Hall–Kier alpha value is -1.62. The van der Waals surface area contributed by atoms with Gasteiger partial charge in [-0.3, -0.25) is 0 Å². The first kappa shape index (κ1) is 17.4. The van der Waals surface area contributed by atoms with Crippen LogP contribution in [0.4, 0.5) is 5.82 Å². The van der Waals surface area contributed by atoms with Crippen LogP contribution in [0.25, 0.3) is 0 Å². The number of carbonyl (C=O) groups is 1. The Labute approximate surface area is 127 Å². The van der Waals surface area contributed by atoms with Crippen LogP contribution < -0.4 is 5.32 Å². The molecule has 0 amide bonds. The topological polar surface area (TPSA) is 65.5 Å². The normalized spacial score (nSPS) is 12.4. The molecule has 0 aliphatic carbocycles. The van der Waals surface area contributed by atoms with Crippen molar-refractivity contribution >= 4 is 11.8 Å². The van der Waals surface area contributed by atoms with E-state index in [1.165, 1.54) is 0 Å². The number of rotatable bonds is 9. The van der Waals surface area contributed by atoms with Gasteiger partial charge in [-0.25, -0.2) is 9.78 Å². The number of carboxylic acids is 1. The molecule has 1 aromatic heterocycles. The summed E-state index contributed by atoms with van der Waals surface area (Å²) in [6.07, 6.45) is 2.15. The molecule has 0 spiro atoms. The summed E-state index contributed by atoms with van der Waals surface area (Å²) >= 11 is 0. The number of hydrogen-bond donors (Lipinski definition) is 2. The van der Waals surface area contributed by atoms with Gasteiger partial charge in [0.2, 0.25) is 0 Å². The third kappa shape index (κ3) is 6.12. The van der Waals surface area contributed by atoms with Gasteiger partial charge in [0.15, 0.2) is 0 Å². The van der Waals surface area contributed by atoms with Gasteiger partial charge in [-0.15, -0.1) is 0 Å². The molecule has 0 radical (unpaired) electrons. The average molecular weight is 293 g/mol. The van der Waals surface area contributed by atoms with Gasteiger partial charge < -0.3 is 15.3 Å². The molecule has 118 valence electrons. The van der Waals surface area contributed by atoms with Gasteiger partial charge >= 0.3 is 5.97 Å². The van der Waals surface area contributed by atoms with Crippen molar-refractivity contribution in [3.05, 3.63) is 23.4 Å². The summed E-state index contributed by atoms with van der Waals surface area (Å²) in [7, 11) is 0. The lowest BCUT2D eigenvalue weighted by atomic mass is 10.1. The second-order valence-corrected chi connectivity index (χ2v) is 5.40. The van der Waals surface area contributed by atoms with Crippen molar-refractivity contribution in [1.82, 2.24) is 9.88 Å². The van der Waals surface area contributed by atoms with Crippen molar-refractivity contribution in [2.24, 2.45) is 0 Å². The molecule has 1 rings (SSSR count). The maximum atomic E-state index is 11.0. The molecule has 0 aliphatic rings. The summed E-state index contributed by atoms with van der Waals surface area (Å²) in [5.74, 6) is -0.277. The smallest absolute Gasteiger partial charge is 0.335 e. The first-order chi connectivity index (χ1) is 9.96. The van der Waals surface area contributed by atoms with Crippen molar-refractivity contribution < 1.29 is 9.90 Å². The van der Waals surface area contributed by atoms with Crippen LogP contribution in [0, 0.1) is 6.92 Å². The third-order valence-corrected chi connectivity index (χ3v) is 3.60. The Morgan fingerprint density at radius 1 is 1.38 bits per heavy atom. The van der Waals surface area contributed by atoms with E-state index in [-0.39, 0.29) is 11.6 Å². The van der Waals surface area contributed by atoms with E-state index in [0.29, 0.717) is 11.5 Å². The summed E-state index contributed by atoms with van der Waals surface area (Å²) in [5.41, 5.74) is 0.994. The van der Waals surface area contributed by atoms with E-state index in [4.69, 9.17) is 5.11 Å². The van der Waals surface area contributed by atoms with E-state index in [9.17, 15) is 4.79 Å². The number of aromatic nitrogens is 1. The van der Waals surface area contributed by atoms with Gasteiger partial charge in [0.05, 0.1) is 5.56 Å². The molecule has 0 fully saturated rings. The number of anilines is 1. The first-order valence-corrected chi connectivity index (χ1v) is 7.67. The van der Waals surface area contributed by atoms with Crippen molar-refractivity contribution in [3.8, 4) is 0 Å². The summed E-state index contributed by atoms with van der Waals surface area (Å²) < 4.78 is 0. The van der Waals surface area contributed by atoms with E-state index in [1.807, 2.05) is 6.92 Å². The highest BCUT2D eigenvalue weighted by molar-refractivity contribution is 5.88. The molecule has 1 heterocycles. The van der Waals surface area contributed by atoms with E-state index >= 15 is 0 Å². The molecule has 21 heavy (non-hydrogen) atoms. The second kappa shape index (κ2) is 8.62. The number of aromatic carboxylic acids is 1. The Morgan fingerprint density at radius 2 is 2.05 bits per heavy atom. The SMILES string of the molecule is CCN(CC)CCCC(C)Nc1cc(C(=O)O)cc(C)n1. The monoisotopic (exact) mass is 293 g/mol. The summed E-state index contributed by atoms with van der Waals surface area (Å²) in [6, 6.07) is 3.45. The molecular formula is C16H27N3O2. The molecule has 5 nitrogen and oxygen atoms in total. The van der Waals surface area contributed by atoms with Gasteiger partial charge in [0, 0.05) is 11.7 Å². The zero-order chi connectivity index (χ0) is 15.8. The summed E-state index contributed by atoms with van der Waals surface area (Å²) in [6.45, 7) is 11.5. The minimum absolute atomic E-state index is 0.275. The highest BCUT2D eigenvalue weighted by Crippen LogP contribution is 2.13. The Kier molecular flexibility index (Phi) is 7.15. The van der Waals surface area contributed by atoms with Gasteiger partial charge in [-0.05, 0) is 58.5 Å². The van der Waals surface area contributed by atoms with Crippen LogP contribution in [0.15, 0.2) is 12.1 Å². The number of nitrogens with zero attached hydrogens (tertiary/aromatic N) is 2. The molecule has 1 unspecified atom stereocenters. The quantitative estimate of drug-likeness (QED) is 0.732. The number of hydrogen-bond acceptors (Lipinski definition) is 4. The predicted molar refractivity (Wildman–Crippen MR) is 86.0 cm³/mol. The van der Waals surface area contributed by atoms with E-state index in [2.05, 4.69) is 36.0 Å². The van der Waals surface area contributed by atoms with Crippen LogP contribution in [0.5, 0.6) is 0 Å². The molecule has 1 atom stereocenters. The Morgan fingerprint density at radius 3 is 2.62 bits per heavy atom. The number of nitrogens with one attached hydrogen (secondary N) is 1. The van der Waals surface area contributed by atoms with Crippen molar-refractivity contribution in [2.45, 2.75) is 46.6 Å². The lowest BCUT2D eigenvalue weighted by Gasteiger charge is -2.20. The standard InChI is InChI=1S/C16H27N3O2/c1-5-19(6-2)9-7-8-12(3)17-15-11-14(16(20)21)10-13(4)18-15/h10-12H,5-9H2,1-4H3,(H,17,18)(H,20,21). The fraction of sp³-hybridized carbons (Fsp3) is 0.625. The minimum atomic E-state index is -0.919. The molecule has 0 bridgehead atoms. The van der Waals surface area contributed by atoms with Gasteiger partial charge in [0.25, 0.3) is 0 Å². The molecule has 5 heteroatoms. The highest BCUT2D eigenvalue weighted by atomic mass is 16.4. The third-order valence-electron chi connectivity index (χ3n) is 3.60. The molecule has 0 saturated heterocycles. The van der Waals surface area contributed by atoms with Gasteiger partial charge in [-0.2, -0.15) is 0 Å². The summed E-state index contributed by atoms with van der Waals surface area (Å²) in [5, 5.41) is 12.4. The average Bonchev–Trinajstić information content (AvgIpc) is 2.43. The Balaban J connectivity index is 2.51. The minimum Gasteiger partial charge on any atom is -0.478 e. The largest absolute Gasteiger partial charge is 0.478 e. The van der Waals surface area contributed by atoms with Crippen molar-refractivity contribution in [2.75, 3.05) is 25.0 Å². The zero-order valence-corrected chi connectivity index (χ0v) is 13.5. The summed E-state index contributed by atoms with van der Waals surface area (Å²) in [4.78, 5) is 17.8.